The van der Waals surface area contributed by atoms with Crippen molar-refractivity contribution in [2.24, 2.45) is 22.9 Å². The van der Waals surface area contributed by atoms with Crippen LogP contribution in [0.25, 0.3) is 0 Å². The molecule has 62 valence electrons. The molecule has 0 aromatic carbocycles. The molecule has 5 nitrogen and oxygen atoms in total. The lowest BCUT2D eigenvalue weighted by molar-refractivity contribution is 1.45. The lowest BCUT2D eigenvalue weighted by Crippen LogP contribution is -2.07. The van der Waals surface area contributed by atoms with Crippen molar-refractivity contribution in [2.45, 2.75) is 0 Å². The van der Waals surface area contributed by atoms with Crippen molar-refractivity contribution in [3.8, 4) is 0 Å². The SMILES string of the molecule is N=C(N)C1=C(N)C1=C1C(N)=C1N. The Morgan fingerprint density at radius 1 is 0.917 bits per heavy atom. The molecular weight excluding hydrogens is 154 g/mol. The highest BCUT2D eigenvalue weighted by atomic mass is 14.8. The van der Waals surface area contributed by atoms with E-state index in [1.807, 2.05) is 0 Å². The quantitative estimate of drug-likeness (QED) is 0.240. The highest BCUT2D eigenvalue weighted by Gasteiger charge is 2.40. The lowest BCUT2D eigenvalue weighted by Gasteiger charge is -1.83. The normalized spacial score (nSPS) is 20.3. The van der Waals surface area contributed by atoms with Crippen molar-refractivity contribution in [1.82, 2.24) is 0 Å². The van der Waals surface area contributed by atoms with Crippen molar-refractivity contribution >= 4 is 5.84 Å². The summed E-state index contributed by atoms with van der Waals surface area (Å²) in [5.74, 6) is -0.0255. The van der Waals surface area contributed by atoms with Crippen LogP contribution in [0, 0.1) is 5.41 Å². The zero-order valence-electron chi connectivity index (χ0n) is 6.31. The zero-order chi connectivity index (χ0) is 9.04. The average molecular weight is 163 g/mol. The van der Waals surface area contributed by atoms with Gasteiger partial charge in [0.15, 0.2) is 0 Å². The third-order valence-corrected chi connectivity index (χ3v) is 2.01. The molecule has 0 bridgehead atoms. The Kier molecular flexibility index (Phi) is 0.922. The van der Waals surface area contributed by atoms with Crippen molar-refractivity contribution < 1.29 is 0 Å². The van der Waals surface area contributed by atoms with Crippen LogP contribution in [0.3, 0.4) is 0 Å². The van der Waals surface area contributed by atoms with Gasteiger partial charge in [0, 0.05) is 16.7 Å². The van der Waals surface area contributed by atoms with Gasteiger partial charge in [-0.1, -0.05) is 0 Å². The molecule has 0 heterocycles. The first-order valence-electron chi connectivity index (χ1n) is 3.40. The van der Waals surface area contributed by atoms with Gasteiger partial charge >= 0.3 is 0 Å². The van der Waals surface area contributed by atoms with Crippen molar-refractivity contribution in [2.75, 3.05) is 0 Å². The average Bonchev–Trinajstić information content (AvgIpc) is 2.76. The van der Waals surface area contributed by atoms with E-state index in [0.29, 0.717) is 22.7 Å². The second-order valence-corrected chi connectivity index (χ2v) is 2.78. The summed E-state index contributed by atoms with van der Waals surface area (Å²) < 4.78 is 0. The van der Waals surface area contributed by atoms with Gasteiger partial charge in [0.1, 0.15) is 5.84 Å². The summed E-state index contributed by atoms with van der Waals surface area (Å²) in [6.07, 6.45) is 0. The summed E-state index contributed by atoms with van der Waals surface area (Å²) in [6, 6.07) is 0. The maximum absolute atomic E-state index is 7.13. The summed E-state index contributed by atoms with van der Waals surface area (Å²) in [5.41, 5.74) is 25.6. The smallest absolute Gasteiger partial charge is 0.125 e. The van der Waals surface area contributed by atoms with Crippen LogP contribution in [0.4, 0.5) is 0 Å². The Morgan fingerprint density at radius 3 is 1.67 bits per heavy atom. The molecule has 0 fully saturated rings. The molecule has 2 rings (SSSR count). The first kappa shape index (κ1) is 6.78. The van der Waals surface area contributed by atoms with E-state index in [2.05, 4.69) is 0 Å². The fraction of sp³-hybridized carbons (Fsp3) is 0. The highest BCUT2D eigenvalue weighted by molar-refractivity contribution is 6.10. The minimum atomic E-state index is -0.0255. The minimum absolute atomic E-state index is 0.0255. The number of nitrogens with two attached hydrogens (primary N) is 4. The van der Waals surface area contributed by atoms with Crippen molar-refractivity contribution in [1.29, 1.82) is 5.41 Å². The summed E-state index contributed by atoms with van der Waals surface area (Å²) in [4.78, 5) is 0. The van der Waals surface area contributed by atoms with Crippen LogP contribution in [0.5, 0.6) is 0 Å². The molecule has 0 unspecified atom stereocenters. The van der Waals surface area contributed by atoms with Gasteiger partial charge in [0.25, 0.3) is 0 Å². The Hall–Kier alpha value is -1.91. The summed E-state index contributed by atoms with van der Waals surface area (Å²) in [5, 5.41) is 7.13. The second-order valence-electron chi connectivity index (χ2n) is 2.78. The Balaban J connectivity index is 2.28. The highest BCUT2D eigenvalue weighted by Crippen LogP contribution is 2.46. The van der Waals surface area contributed by atoms with E-state index in [9.17, 15) is 0 Å². The first-order valence-corrected chi connectivity index (χ1v) is 3.40. The summed E-state index contributed by atoms with van der Waals surface area (Å²) >= 11 is 0. The number of hydrogen-bond acceptors (Lipinski definition) is 4. The Bertz CT molecular complexity index is 382. The molecule has 0 atom stereocenters. The first-order chi connectivity index (χ1) is 5.55. The van der Waals surface area contributed by atoms with E-state index in [1.165, 1.54) is 0 Å². The maximum atomic E-state index is 7.13. The molecule has 0 aliphatic heterocycles. The number of allylic oxidation sites excluding steroid dienone is 3. The van der Waals surface area contributed by atoms with E-state index in [4.69, 9.17) is 28.3 Å². The van der Waals surface area contributed by atoms with E-state index >= 15 is 0 Å². The van der Waals surface area contributed by atoms with E-state index in [0.717, 1.165) is 11.1 Å². The fourth-order valence-electron chi connectivity index (χ4n) is 1.23. The molecule has 0 saturated carbocycles. The van der Waals surface area contributed by atoms with Gasteiger partial charge < -0.3 is 22.9 Å². The van der Waals surface area contributed by atoms with E-state index < -0.39 is 0 Å². The largest absolute Gasteiger partial charge is 0.398 e. The fourth-order valence-corrected chi connectivity index (χ4v) is 1.23. The van der Waals surface area contributed by atoms with Crippen LogP contribution in [-0.4, -0.2) is 5.84 Å². The Morgan fingerprint density at radius 2 is 1.42 bits per heavy atom. The Labute approximate surface area is 68.9 Å². The predicted octanol–water partition coefficient (Wildman–Crippen LogP) is -1.41. The number of hydrogen-bond donors (Lipinski definition) is 5. The molecule has 2 aliphatic carbocycles. The monoisotopic (exact) mass is 163 g/mol. The van der Waals surface area contributed by atoms with Gasteiger partial charge in [-0.15, -0.1) is 0 Å². The molecule has 5 heteroatoms. The van der Waals surface area contributed by atoms with Crippen LogP contribution in [-0.2, 0) is 0 Å². The molecule has 0 spiro atoms. The molecule has 0 radical (unpaired) electrons. The molecule has 12 heavy (non-hydrogen) atoms. The van der Waals surface area contributed by atoms with Crippen LogP contribution < -0.4 is 22.9 Å². The van der Waals surface area contributed by atoms with Gasteiger partial charge in [-0.3, -0.25) is 5.41 Å². The lowest BCUT2D eigenvalue weighted by atomic mass is 10.3. The van der Waals surface area contributed by atoms with Crippen LogP contribution in [0.15, 0.2) is 33.8 Å². The number of rotatable bonds is 1. The number of amidine groups is 1. The van der Waals surface area contributed by atoms with Crippen molar-refractivity contribution in [3.05, 3.63) is 33.8 Å². The maximum Gasteiger partial charge on any atom is 0.125 e. The van der Waals surface area contributed by atoms with E-state index in [1.54, 1.807) is 0 Å². The third kappa shape index (κ3) is 0.597. The zero-order valence-corrected chi connectivity index (χ0v) is 6.31. The molecule has 2 aliphatic rings. The predicted molar refractivity (Wildman–Crippen MR) is 45.6 cm³/mol. The van der Waals surface area contributed by atoms with E-state index in [-0.39, 0.29) is 5.84 Å². The van der Waals surface area contributed by atoms with Crippen LogP contribution in [0.2, 0.25) is 0 Å². The molecule has 0 aromatic heterocycles. The molecule has 0 saturated heterocycles. The van der Waals surface area contributed by atoms with Crippen LogP contribution >= 0.6 is 0 Å². The molecule has 0 aromatic rings. The molecule has 9 N–H and O–H groups in total. The topological polar surface area (TPSA) is 128 Å². The molecule has 0 amide bonds. The molecular formula is C7H9N5. The summed E-state index contributed by atoms with van der Waals surface area (Å²) in [6.45, 7) is 0. The summed E-state index contributed by atoms with van der Waals surface area (Å²) in [7, 11) is 0. The van der Waals surface area contributed by atoms with Gasteiger partial charge in [0.2, 0.25) is 0 Å². The standard InChI is InChI=1S/C7H9N5/c8-4-1(3(4)7(11)12)2-5(9)6(2)10/h8-10H2,(H3,11,12). The van der Waals surface area contributed by atoms with Gasteiger partial charge in [-0.25, -0.2) is 0 Å². The number of nitrogens with one attached hydrogen (secondary N) is 1. The second kappa shape index (κ2) is 1.63. The minimum Gasteiger partial charge on any atom is -0.398 e. The van der Waals surface area contributed by atoms with Crippen molar-refractivity contribution in [3.63, 3.8) is 0 Å². The van der Waals surface area contributed by atoms with Crippen LogP contribution in [0.1, 0.15) is 0 Å². The van der Waals surface area contributed by atoms with Gasteiger partial charge in [-0.05, 0) is 0 Å². The van der Waals surface area contributed by atoms with Gasteiger partial charge in [0.05, 0.1) is 17.1 Å². The third-order valence-electron chi connectivity index (χ3n) is 2.01. The van der Waals surface area contributed by atoms with Gasteiger partial charge in [-0.2, -0.15) is 0 Å².